The number of carbonyl (C=O) groups is 2. The Morgan fingerprint density at radius 2 is 2.00 bits per heavy atom. The Labute approximate surface area is 154 Å². The van der Waals surface area contributed by atoms with Gasteiger partial charge in [-0.25, -0.2) is 0 Å². The maximum Gasteiger partial charge on any atom is 0.251 e. The van der Waals surface area contributed by atoms with E-state index in [2.05, 4.69) is 29.4 Å². The van der Waals surface area contributed by atoms with Crippen LogP contribution in [0.4, 0.5) is 11.4 Å². The minimum atomic E-state index is -0.276. The minimum Gasteiger partial charge on any atom is -0.377 e. The Kier molecular flexibility index (Phi) is 7.38. The van der Waals surface area contributed by atoms with E-state index >= 15 is 0 Å². The van der Waals surface area contributed by atoms with E-state index in [4.69, 9.17) is 15.2 Å². The Morgan fingerprint density at radius 3 is 2.62 bits per heavy atom. The summed E-state index contributed by atoms with van der Waals surface area (Å²) in [4.78, 5) is 26.5. The summed E-state index contributed by atoms with van der Waals surface area (Å²) in [5, 5.41) is 5.59. The van der Waals surface area contributed by atoms with Gasteiger partial charge in [-0.1, -0.05) is 0 Å². The highest BCUT2D eigenvalue weighted by molar-refractivity contribution is 6.00. The Hall–Kier alpha value is -2.16. The van der Waals surface area contributed by atoms with Gasteiger partial charge in [0.2, 0.25) is 5.91 Å². The number of amides is 2. The molecule has 0 bridgehead atoms. The molecule has 26 heavy (non-hydrogen) atoms. The van der Waals surface area contributed by atoms with Crippen LogP contribution in [0, 0.1) is 0 Å². The molecule has 1 heterocycles. The van der Waals surface area contributed by atoms with Gasteiger partial charge in [0, 0.05) is 37.8 Å². The van der Waals surface area contributed by atoms with Crippen LogP contribution in [0.5, 0.6) is 0 Å². The van der Waals surface area contributed by atoms with Crippen molar-refractivity contribution in [2.75, 3.05) is 50.2 Å². The van der Waals surface area contributed by atoms with Gasteiger partial charge in [0.1, 0.15) is 6.61 Å². The van der Waals surface area contributed by atoms with Crippen molar-refractivity contribution in [3.8, 4) is 0 Å². The molecule has 1 fully saturated rings. The van der Waals surface area contributed by atoms with E-state index in [9.17, 15) is 9.59 Å². The van der Waals surface area contributed by atoms with Crippen molar-refractivity contribution < 1.29 is 19.1 Å². The first-order valence-electron chi connectivity index (χ1n) is 8.75. The van der Waals surface area contributed by atoms with Crippen molar-refractivity contribution in [2.45, 2.75) is 25.9 Å². The van der Waals surface area contributed by atoms with Crippen LogP contribution in [0.15, 0.2) is 18.2 Å². The third-order valence-corrected chi connectivity index (χ3v) is 4.18. The van der Waals surface area contributed by atoms with E-state index in [1.807, 2.05) is 6.07 Å². The first-order chi connectivity index (χ1) is 12.5. The van der Waals surface area contributed by atoms with Gasteiger partial charge in [0.05, 0.1) is 24.6 Å². The van der Waals surface area contributed by atoms with Crippen LogP contribution < -0.4 is 21.3 Å². The predicted octanol–water partition coefficient (Wildman–Crippen LogP) is 0.574. The minimum absolute atomic E-state index is 0.0583. The molecule has 0 aliphatic carbocycles. The molecule has 1 aliphatic heterocycles. The normalized spacial score (nSPS) is 19.9. The molecule has 0 saturated carbocycles. The van der Waals surface area contributed by atoms with E-state index in [0.717, 1.165) is 5.69 Å². The summed E-state index contributed by atoms with van der Waals surface area (Å²) < 4.78 is 10.5. The molecule has 0 spiro atoms. The van der Waals surface area contributed by atoms with E-state index in [-0.39, 0.29) is 30.5 Å². The molecule has 1 aromatic rings. The fourth-order valence-electron chi connectivity index (χ4n) is 3.09. The highest BCUT2D eigenvalue weighted by Gasteiger charge is 2.28. The van der Waals surface area contributed by atoms with Gasteiger partial charge in [0.25, 0.3) is 5.91 Å². The average Bonchev–Trinajstić information content (AvgIpc) is 2.60. The summed E-state index contributed by atoms with van der Waals surface area (Å²) in [5.74, 6) is -0.505. The molecule has 8 nitrogen and oxygen atoms in total. The molecule has 2 rings (SSSR count). The van der Waals surface area contributed by atoms with Gasteiger partial charge in [-0.2, -0.15) is 0 Å². The number of nitrogens with one attached hydrogen (secondary N) is 2. The summed E-state index contributed by atoms with van der Waals surface area (Å²) in [6, 6.07) is 5.59. The summed E-state index contributed by atoms with van der Waals surface area (Å²) in [6.07, 6.45) is 0. The Balaban J connectivity index is 2.35. The molecule has 1 aliphatic rings. The Bertz CT molecular complexity index is 628. The smallest absolute Gasteiger partial charge is 0.251 e. The van der Waals surface area contributed by atoms with Gasteiger partial charge in [-0.3, -0.25) is 9.59 Å². The van der Waals surface area contributed by atoms with Crippen molar-refractivity contribution in [3.63, 3.8) is 0 Å². The molecule has 2 amide bonds. The molecule has 144 valence electrons. The third kappa shape index (κ3) is 4.94. The van der Waals surface area contributed by atoms with Gasteiger partial charge in [-0.15, -0.1) is 0 Å². The summed E-state index contributed by atoms with van der Waals surface area (Å²) >= 11 is 0. The lowest BCUT2D eigenvalue weighted by molar-refractivity contribution is -0.119. The highest BCUT2D eigenvalue weighted by atomic mass is 16.5. The number of rotatable bonds is 7. The number of nitrogens with two attached hydrogens (primary N) is 1. The zero-order chi connectivity index (χ0) is 19.1. The van der Waals surface area contributed by atoms with Crippen LogP contribution in [-0.2, 0) is 14.3 Å². The van der Waals surface area contributed by atoms with Crippen LogP contribution in [-0.4, -0.2) is 63.9 Å². The van der Waals surface area contributed by atoms with Gasteiger partial charge in [0.15, 0.2) is 0 Å². The molecular weight excluding hydrogens is 336 g/mol. The molecule has 4 N–H and O–H groups in total. The van der Waals surface area contributed by atoms with Gasteiger partial charge in [-0.05, 0) is 32.0 Å². The lowest BCUT2D eigenvalue weighted by Crippen LogP contribution is -2.50. The topological polar surface area (TPSA) is 106 Å². The quantitative estimate of drug-likeness (QED) is 0.653. The molecule has 0 aromatic heterocycles. The van der Waals surface area contributed by atoms with Crippen LogP contribution in [0.3, 0.4) is 0 Å². The van der Waals surface area contributed by atoms with Crippen molar-refractivity contribution in [3.05, 3.63) is 23.8 Å². The maximum absolute atomic E-state index is 12.2. The first-order valence-corrected chi connectivity index (χ1v) is 8.75. The molecule has 1 aromatic carbocycles. The number of hydrogen-bond acceptors (Lipinski definition) is 6. The molecule has 0 radical (unpaired) electrons. The zero-order valence-corrected chi connectivity index (χ0v) is 15.6. The van der Waals surface area contributed by atoms with Crippen molar-refractivity contribution >= 4 is 23.2 Å². The second kappa shape index (κ2) is 9.51. The number of methoxy groups -OCH3 is 1. The molecule has 1 saturated heterocycles. The fourth-order valence-corrected chi connectivity index (χ4v) is 3.09. The fraction of sp³-hybridized carbons (Fsp3) is 0.556. The number of anilines is 2. The number of nitrogens with zero attached hydrogens (tertiary/aromatic N) is 1. The largest absolute Gasteiger partial charge is 0.377 e. The van der Waals surface area contributed by atoms with Gasteiger partial charge < -0.3 is 30.7 Å². The highest BCUT2D eigenvalue weighted by Crippen LogP contribution is 2.32. The standard InChI is InChI=1S/C18H28N4O4/c1-12-9-26-10-13(2)22(12)16-5-4-14(18(24)20-7-6-19)8-15(16)21-17(23)11-25-3/h4-5,8,12-13H,6-7,9-11,19H2,1-3H3,(H,20,24)(H,21,23). The van der Waals surface area contributed by atoms with E-state index < -0.39 is 0 Å². The first kappa shape index (κ1) is 20.2. The van der Waals surface area contributed by atoms with E-state index in [1.54, 1.807) is 12.1 Å². The molecular formula is C18H28N4O4. The number of ether oxygens (including phenoxy) is 2. The number of carbonyl (C=O) groups excluding carboxylic acids is 2. The van der Waals surface area contributed by atoms with Crippen LogP contribution in [0.1, 0.15) is 24.2 Å². The van der Waals surface area contributed by atoms with Crippen LogP contribution in [0.2, 0.25) is 0 Å². The van der Waals surface area contributed by atoms with Crippen LogP contribution >= 0.6 is 0 Å². The van der Waals surface area contributed by atoms with Crippen molar-refractivity contribution in [1.29, 1.82) is 0 Å². The van der Waals surface area contributed by atoms with E-state index in [0.29, 0.717) is 37.6 Å². The summed E-state index contributed by atoms with van der Waals surface area (Å²) in [6.45, 7) is 6.05. The lowest BCUT2D eigenvalue weighted by atomic mass is 10.1. The number of hydrogen-bond donors (Lipinski definition) is 3. The summed E-state index contributed by atoms with van der Waals surface area (Å²) in [7, 11) is 1.46. The predicted molar refractivity (Wildman–Crippen MR) is 101 cm³/mol. The van der Waals surface area contributed by atoms with Crippen molar-refractivity contribution in [1.82, 2.24) is 5.32 Å². The zero-order valence-electron chi connectivity index (χ0n) is 15.6. The van der Waals surface area contributed by atoms with Gasteiger partial charge >= 0.3 is 0 Å². The molecule has 8 heteroatoms. The molecule has 2 atom stereocenters. The second-order valence-electron chi connectivity index (χ2n) is 6.40. The second-order valence-corrected chi connectivity index (χ2v) is 6.40. The van der Waals surface area contributed by atoms with E-state index in [1.165, 1.54) is 7.11 Å². The number of morpholine rings is 1. The van der Waals surface area contributed by atoms with Crippen LogP contribution in [0.25, 0.3) is 0 Å². The Morgan fingerprint density at radius 1 is 1.31 bits per heavy atom. The number of benzene rings is 1. The van der Waals surface area contributed by atoms with Crippen molar-refractivity contribution in [2.24, 2.45) is 5.73 Å². The third-order valence-electron chi connectivity index (χ3n) is 4.18. The SMILES string of the molecule is COCC(=O)Nc1cc(C(=O)NCCN)ccc1N1C(C)COCC1C. The maximum atomic E-state index is 12.2. The lowest BCUT2D eigenvalue weighted by Gasteiger charge is -2.41. The summed E-state index contributed by atoms with van der Waals surface area (Å²) in [5.41, 5.74) is 7.33. The molecule has 2 unspecified atom stereocenters. The average molecular weight is 364 g/mol. The monoisotopic (exact) mass is 364 g/mol.